The van der Waals surface area contributed by atoms with E-state index >= 15 is 0 Å². The van der Waals surface area contributed by atoms with E-state index in [1.165, 1.54) is 60.8 Å². The second kappa shape index (κ2) is 8.68. The van der Waals surface area contributed by atoms with E-state index in [-0.39, 0.29) is 22.6 Å². The molecule has 0 saturated carbocycles. The number of hydrogen-bond donors (Lipinski definition) is 2. The molecule has 0 aliphatic carbocycles. The molecule has 140 valence electrons. The molecule has 0 heterocycles. The smallest absolute Gasteiger partial charge is 0.273 e. The van der Waals surface area contributed by atoms with Crippen molar-refractivity contribution in [3.05, 3.63) is 101 Å². The summed E-state index contributed by atoms with van der Waals surface area (Å²) in [5.41, 5.74) is 3.17. The van der Waals surface area contributed by atoms with Crippen LogP contribution in [0.2, 0.25) is 0 Å². The molecule has 28 heavy (non-hydrogen) atoms. The van der Waals surface area contributed by atoms with Crippen molar-refractivity contribution in [2.45, 2.75) is 0 Å². The number of halogens is 2. The number of para-hydroxylation sites is 1. The van der Waals surface area contributed by atoms with Gasteiger partial charge in [-0.3, -0.25) is 9.59 Å². The van der Waals surface area contributed by atoms with Gasteiger partial charge in [-0.05, 0) is 42.0 Å². The molecule has 0 saturated heterocycles. The molecule has 0 atom stereocenters. The summed E-state index contributed by atoms with van der Waals surface area (Å²) >= 11 is 0. The molecule has 0 aliphatic heterocycles. The zero-order chi connectivity index (χ0) is 19.9. The number of hydrazone groups is 1. The Morgan fingerprint density at radius 3 is 2.14 bits per heavy atom. The fraction of sp³-hybridized carbons (Fsp3) is 0. The minimum absolute atomic E-state index is 0.132. The van der Waals surface area contributed by atoms with E-state index in [1.807, 2.05) is 0 Å². The number of anilines is 1. The molecule has 7 heteroatoms. The number of carbonyl (C=O) groups is 2. The van der Waals surface area contributed by atoms with E-state index in [1.54, 1.807) is 18.2 Å². The van der Waals surface area contributed by atoms with Crippen LogP contribution in [0, 0.1) is 11.6 Å². The van der Waals surface area contributed by atoms with E-state index in [0.29, 0.717) is 5.56 Å². The Bertz CT molecular complexity index is 1030. The topological polar surface area (TPSA) is 70.6 Å². The number of benzene rings is 3. The lowest BCUT2D eigenvalue weighted by atomic mass is 10.1. The Labute approximate surface area is 159 Å². The van der Waals surface area contributed by atoms with E-state index in [2.05, 4.69) is 15.8 Å². The summed E-state index contributed by atoms with van der Waals surface area (Å²) in [6.45, 7) is 0. The molecular weight excluding hydrogens is 364 g/mol. The standard InChI is InChI=1S/C21H15F2N3O2/c22-15-11-9-14(10-12-15)13-24-26-21(28)17-6-2-4-8-19(17)25-20(27)16-5-1-3-7-18(16)23/h1-13H,(H,25,27)(H,26,28). The van der Waals surface area contributed by atoms with Crippen LogP contribution in [0.4, 0.5) is 14.5 Å². The van der Waals surface area contributed by atoms with Crippen LogP contribution < -0.4 is 10.7 Å². The van der Waals surface area contributed by atoms with Gasteiger partial charge in [0.05, 0.1) is 23.0 Å². The maximum absolute atomic E-state index is 13.8. The van der Waals surface area contributed by atoms with Crippen LogP contribution in [0.5, 0.6) is 0 Å². The van der Waals surface area contributed by atoms with Crippen molar-refractivity contribution < 1.29 is 18.4 Å². The molecule has 3 rings (SSSR count). The highest BCUT2D eigenvalue weighted by Crippen LogP contribution is 2.17. The maximum atomic E-state index is 13.8. The third-order valence-electron chi connectivity index (χ3n) is 3.79. The second-order valence-corrected chi connectivity index (χ2v) is 5.73. The average molecular weight is 379 g/mol. The van der Waals surface area contributed by atoms with Crippen LogP contribution in [0.15, 0.2) is 77.9 Å². The zero-order valence-electron chi connectivity index (χ0n) is 14.5. The number of nitrogens with one attached hydrogen (secondary N) is 2. The molecule has 0 spiro atoms. The van der Waals surface area contributed by atoms with E-state index in [0.717, 1.165) is 0 Å². The Kier molecular flexibility index (Phi) is 5.86. The summed E-state index contributed by atoms with van der Waals surface area (Å²) in [6.07, 6.45) is 1.36. The highest BCUT2D eigenvalue weighted by Gasteiger charge is 2.15. The van der Waals surface area contributed by atoms with Crippen molar-refractivity contribution in [2.24, 2.45) is 5.10 Å². The van der Waals surface area contributed by atoms with E-state index in [4.69, 9.17) is 0 Å². The van der Waals surface area contributed by atoms with Gasteiger partial charge < -0.3 is 5.32 Å². The van der Waals surface area contributed by atoms with Crippen LogP contribution >= 0.6 is 0 Å². The van der Waals surface area contributed by atoms with Crippen LogP contribution in [-0.2, 0) is 0 Å². The molecule has 0 aliphatic rings. The van der Waals surface area contributed by atoms with E-state index in [9.17, 15) is 18.4 Å². The van der Waals surface area contributed by atoms with E-state index < -0.39 is 17.6 Å². The minimum atomic E-state index is -0.673. The van der Waals surface area contributed by atoms with Crippen molar-refractivity contribution in [1.29, 1.82) is 0 Å². The van der Waals surface area contributed by atoms with Crippen molar-refractivity contribution >= 4 is 23.7 Å². The average Bonchev–Trinajstić information content (AvgIpc) is 2.70. The molecule has 0 bridgehead atoms. The van der Waals surface area contributed by atoms with Gasteiger partial charge in [-0.15, -0.1) is 0 Å². The number of hydrogen-bond acceptors (Lipinski definition) is 3. The summed E-state index contributed by atoms with van der Waals surface area (Å²) in [7, 11) is 0. The Balaban J connectivity index is 1.72. The fourth-order valence-electron chi connectivity index (χ4n) is 2.40. The lowest BCUT2D eigenvalue weighted by Gasteiger charge is -2.10. The lowest BCUT2D eigenvalue weighted by molar-refractivity contribution is 0.0956. The Morgan fingerprint density at radius 1 is 0.786 bits per heavy atom. The van der Waals surface area contributed by atoms with Crippen LogP contribution in [0.1, 0.15) is 26.3 Å². The summed E-state index contributed by atoms with van der Waals surface area (Å²) in [5, 5.41) is 6.35. The van der Waals surface area contributed by atoms with Gasteiger partial charge in [0.2, 0.25) is 0 Å². The fourth-order valence-corrected chi connectivity index (χ4v) is 2.40. The van der Waals surface area contributed by atoms with Crippen LogP contribution in [0.25, 0.3) is 0 Å². The van der Waals surface area contributed by atoms with Gasteiger partial charge in [0.25, 0.3) is 11.8 Å². The van der Waals surface area contributed by atoms with Gasteiger partial charge in [0, 0.05) is 0 Å². The lowest BCUT2D eigenvalue weighted by Crippen LogP contribution is -2.21. The molecule has 3 aromatic carbocycles. The first-order chi connectivity index (χ1) is 13.5. The number of carbonyl (C=O) groups excluding carboxylic acids is 2. The summed E-state index contributed by atoms with van der Waals surface area (Å²) < 4.78 is 26.7. The number of amides is 2. The molecule has 0 unspecified atom stereocenters. The quantitative estimate of drug-likeness (QED) is 0.520. The summed E-state index contributed by atoms with van der Waals surface area (Å²) in [5.74, 6) is -2.28. The zero-order valence-corrected chi connectivity index (χ0v) is 14.5. The largest absolute Gasteiger partial charge is 0.321 e. The maximum Gasteiger partial charge on any atom is 0.273 e. The SMILES string of the molecule is O=C(Nc1ccccc1C(=O)NN=Cc1ccc(F)cc1)c1ccccc1F. The van der Waals surface area contributed by atoms with Crippen LogP contribution in [0.3, 0.4) is 0 Å². The summed E-state index contributed by atoms with van der Waals surface area (Å²) in [4.78, 5) is 24.7. The highest BCUT2D eigenvalue weighted by atomic mass is 19.1. The summed E-state index contributed by atoms with van der Waals surface area (Å²) in [6, 6.07) is 17.4. The first kappa shape index (κ1) is 18.9. The van der Waals surface area contributed by atoms with Gasteiger partial charge in [-0.2, -0.15) is 5.10 Å². The third kappa shape index (κ3) is 4.64. The molecule has 0 fully saturated rings. The predicted molar refractivity (Wildman–Crippen MR) is 102 cm³/mol. The Morgan fingerprint density at radius 2 is 1.43 bits per heavy atom. The molecule has 3 aromatic rings. The monoisotopic (exact) mass is 379 g/mol. The van der Waals surface area contributed by atoms with Gasteiger partial charge in [-0.1, -0.05) is 36.4 Å². The van der Waals surface area contributed by atoms with Crippen LogP contribution in [-0.4, -0.2) is 18.0 Å². The Hall–Kier alpha value is -3.87. The van der Waals surface area contributed by atoms with Gasteiger partial charge in [0.15, 0.2) is 0 Å². The molecule has 0 aromatic heterocycles. The molecule has 5 nitrogen and oxygen atoms in total. The molecule has 2 amide bonds. The highest BCUT2D eigenvalue weighted by molar-refractivity contribution is 6.09. The van der Waals surface area contributed by atoms with Crippen molar-refractivity contribution in [3.8, 4) is 0 Å². The van der Waals surface area contributed by atoms with Gasteiger partial charge in [-0.25, -0.2) is 14.2 Å². The third-order valence-corrected chi connectivity index (χ3v) is 3.79. The first-order valence-corrected chi connectivity index (χ1v) is 8.28. The van der Waals surface area contributed by atoms with Crippen molar-refractivity contribution in [3.63, 3.8) is 0 Å². The van der Waals surface area contributed by atoms with Crippen molar-refractivity contribution in [2.75, 3.05) is 5.32 Å². The number of nitrogens with zero attached hydrogens (tertiary/aromatic N) is 1. The molecular formula is C21H15F2N3O2. The predicted octanol–water partition coefficient (Wildman–Crippen LogP) is 3.98. The van der Waals surface area contributed by atoms with Crippen molar-refractivity contribution in [1.82, 2.24) is 5.43 Å². The number of rotatable bonds is 5. The minimum Gasteiger partial charge on any atom is -0.321 e. The first-order valence-electron chi connectivity index (χ1n) is 8.28. The van der Waals surface area contributed by atoms with Gasteiger partial charge in [0.1, 0.15) is 11.6 Å². The van der Waals surface area contributed by atoms with Gasteiger partial charge >= 0.3 is 0 Å². The second-order valence-electron chi connectivity index (χ2n) is 5.73. The molecule has 0 radical (unpaired) electrons. The normalized spacial score (nSPS) is 10.6. The molecule has 2 N–H and O–H groups in total.